The van der Waals surface area contributed by atoms with E-state index in [4.69, 9.17) is 16.3 Å². The molecular weight excluding hydrogens is 363 g/mol. The first-order chi connectivity index (χ1) is 8.65. The highest BCUT2D eigenvalue weighted by Gasteiger charge is 2.12. The van der Waals surface area contributed by atoms with Gasteiger partial charge in [-0.3, -0.25) is 0 Å². The van der Waals surface area contributed by atoms with Gasteiger partial charge in [-0.05, 0) is 54.6 Å². The molecule has 1 atom stereocenters. The van der Waals surface area contributed by atoms with Crippen LogP contribution in [-0.2, 0) is 17.2 Å². The summed E-state index contributed by atoms with van der Waals surface area (Å²) in [6.07, 6.45) is 0.161. The zero-order valence-corrected chi connectivity index (χ0v) is 13.4. The Bertz CT molecular complexity index is 541. The van der Waals surface area contributed by atoms with Crippen molar-refractivity contribution in [2.24, 2.45) is 0 Å². The first-order valence-electron chi connectivity index (χ1n) is 5.98. The van der Waals surface area contributed by atoms with Crippen molar-refractivity contribution in [2.45, 2.75) is 32.4 Å². The molecule has 0 saturated carbocycles. The number of hydrogen-bond acceptors (Lipinski definition) is 2. The van der Waals surface area contributed by atoms with Crippen molar-refractivity contribution in [3.63, 3.8) is 0 Å². The topological polar surface area (TPSA) is 27.1 Å². The molecule has 2 aromatic rings. The fraction of sp³-hybridized carbons (Fsp3) is 0.462. The lowest BCUT2D eigenvalue weighted by Crippen LogP contribution is -2.17. The average molecular weight is 379 g/mol. The van der Waals surface area contributed by atoms with E-state index in [1.807, 2.05) is 6.92 Å². The molecule has 0 aliphatic heterocycles. The smallest absolute Gasteiger partial charge is 0.124 e. The molecule has 0 fully saturated rings. The molecular formula is C13H16ClIN2O. The summed E-state index contributed by atoms with van der Waals surface area (Å²) in [7, 11) is 0. The second kappa shape index (κ2) is 6.21. The molecule has 18 heavy (non-hydrogen) atoms. The van der Waals surface area contributed by atoms with Crippen LogP contribution in [0.4, 0.5) is 0 Å². The van der Waals surface area contributed by atoms with E-state index in [0.717, 1.165) is 30.0 Å². The Kier molecular flexibility index (Phi) is 4.86. The van der Waals surface area contributed by atoms with Gasteiger partial charge in [-0.25, -0.2) is 4.98 Å². The molecule has 0 radical (unpaired) electrons. The predicted octanol–water partition coefficient (Wildman–Crippen LogP) is 3.80. The van der Waals surface area contributed by atoms with Crippen LogP contribution in [-0.4, -0.2) is 22.3 Å². The number of imidazole rings is 1. The molecule has 1 aromatic heterocycles. The number of hydrogen-bond donors (Lipinski definition) is 0. The van der Waals surface area contributed by atoms with Crippen LogP contribution >= 0.6 is 34.2 Å². The molecule has 1 heterocycles. The molecule has 0 N–H and O–H groups in total. The predicted molar refractivity (Wildman–Crippen MR) is 83.1 cm³/mol. The third kappa shape index (κ3) is 2.97. The summed E-state index contributed by atoms with van der Waals surface area (Å²) in [5, 5.41) is 0. The molecule has 0 bridgehead atoms. The summed E-state index contributed by atoms with van der Waals surface area (Å²) in [4.78, 5) is 4.58. The molecule has 3 nitrogen and oxygen atoms in total. The minimum atomic E-state index is 0.161. The van der Waals surface area contributed by atoms with E-state index >= 15 is 0 Å². The number of rotatable bonds is 5. The van der Waals surface area contributed by atoms with E-state index in [1.165, 1.54) is 3.57 Å². The molecule has 1 unspecified atom stereocenters. The number of benzene rings is 1. The van der Waals surface area contributed by atoms with Crippen molar-refractivity contribution in [1.82, 2.24) is 9.55 Å². The fourth-order valence-electron chi connectivity index (χ4n) is 2.05. The van der Waals surface area contributed by atoms with Crippen LogP contribution in [0.25, 0.3) is 11.0 Å². The zero-order valence-electron chi connectivity index (χ0n) is 10.5. The molecule has 5 heteroatoms. The standard InChI is InChI=1S/C13H16ClIN2O/c1-3-18-9(2)8-17-12-5-4-10(15)6-11(12)16-13(17)7-14/h4-6,9H,3,7-8H2,1-2H3. The van der Waals surface area contributed by atoms with E-state index in [9.17, 15) is 0 Å². The highest BCUT2D eigenvalue weighted by molar-refractivity contribution is 14.1. The SMILES string of the molecule is CCOC(C)Cn1c(CCl)nc2cc(I)ccc21. The largest absolute Gasteiger partial charge is 0.377 e. The van der Waals surface area contributed by atoms with Crippen molar-refractivity contribution in [1.29, 1.82) is 0 Å². The van der Waals surface area contributed by atoms with E-state index in [0.29, 0.717) is 5.88 Å². The van der Waals surface area contributed by atoms with Crippen LogP contribution in [0.1, 0.15) is 19.7 Å². The van der Waals surface area contributed by atoms with Crippen LogP contribution in [0.5, 0.6) is 0 Å². The highest BCUT2D eigenvalue weighted by atomic mass is 127. The lowest BCUT2D eigenvalue weighted by atomic mass is 10.3. The Balaban J connectivity index is 2.40. The monoisotopic (exact) mass is 378 g/mol. The molecule has 0 spiro atoms. The van der Waals surface area contributed by atoms with Crippen molar-refractivity contribution in [3.8, 4) is 0 Å². The number of alkyl halides is 1. The number of fused-ring (bicyclic) bond motifs is 1. The maximum Gasteiger partial charge on any atom is 0.124 e. The normalized spacial score (nSPS) is 13.1. The van der Waals surface area contributed by atoms with Crippen LogP contribution in [0.15, 0.2) is 18.2 Å². The Morgan fingerprint density at radius 3 is 2.94 bits per heavy atom. The summed E-state index contributed by atoms with van der Waals surface area (Å²) < 4.78 is 8.93. The van der Waals surface area contributed by atoms with Crippen LogP contribution < -0.4 is 0 Å². The van der Waals surface area contributed by atoms with Crippen molar-refractivity contribution in [3.05, 3.63) is 27.6 Å². The van der Waals surface area contributed by atoms with Gasteiger partial charge in [0.05, 0.1) is 29.6 Å². The van der Waals surface area contributed by atoms with Gasteiger partial charge in [0.2, 0.25) is 0 Å². The second-order valence-electron chi connectivity index (χ2n) is 4.17. The van der Waals surface area contributed by atoms with Gasteiger partial charge in [-0.1, -0.05) is 0 Å². The third-order valence-corrected chi connectivity index (χ3v) is 3.71. The molecule has 2 rings (SSSR count). The molecule has 0 aliphatic carbocycles. The summed E-state index contributed by atoms with van der Waals surface area (Å²) in [5.74, 6) is 1.32. The van der Waals surface area contributed by atoms with Crippen molar-refractivity contribution < 1.29 is 4.74 Å². The highest BCUT2D eigenvalue weighted by Crippen LogP contribution is 2.20. The summed E-state index contributed by atoms with van der Waals surface area (Å²) >= 11 is 8.27. The zero-order chi connectivity index (χ0) is 13.1. The summed E-state index contributed by atoms with van der Waals surface area (Å²) in [6.45, 7) is 5.59. The second-order valence-corrected chi connectivity index (χ2v) is 5.68. The summed E-state index contributed by atoms with van der Waals surface area (Å²) in [5.41, 5.74) is 2.12. The van der Waals surface area contributed by atoms with Gasteiger partial charge in [-0.15, -0.1) is 11.6 Å². The van der Waals surface area contributed by atoms with Crippen molar-refractivity contribution >= 4 is 45.2 Å². The number of halogens is 2. The number of nitrogens with zero attached hydrogens (tertiary/aromatic N) is 2. The Hall–Kier alpha value is -0.330. The van der Waals surface area contributed by atoms with Crippen LogP contribution in [0.3, 0.4) is 0 Å². The van der Waals surface area contributed by atoms with E-state index in [-0.39, 0.29) is 6.10 Å². The maximum absolute atomic E-state index is 5.98. The van der Waals surface area contributed by atoms with Crippen molar-refractivity contribution in [2.75, 3.05) is 6.61 Å². The Labute approximate surface area is 126 Å². The van der Waals surface area contributed by atoms with Gasteiger partial charge in [0.25, 0.3) is 0 Å². The van der Waals surface area contributed by atoms with E-state index in [2.05, 4.69) is 57.3 Å². The first-order valence-corrected chi connectivity index (χ1v) is 7.59. The van der Waals surface area contributed by atoms with Crippen LogP contribution in [0, 0.1) is 3.57 Å². The first kappa shape index (κ1) is 14.1. The Morgan fingerprint density at radius 1 is 1.50 bits per heavy atom. The lowest BCUT2D eigenvalue weighted by Gasteiger charge is -2.14. The quantitative estimate of drug-likeness (QED) is 0.584. The van der Waals surface area contributed by atoms with Gasteiger partial charge in [-0.2, -0.15) is 0 Å². The summed E-state index contributed by atoms with van der Waals surface area (Å²) in [6, 6.07) is 6.26. The minimum Gasteiger partial charge on any atom is -0.377 e. The Morgan fingerprint density at radius 2 is 2.28 bits per heavy atom. The van der Waals surface area contributed by atoms with Gasteiger partial charge in [0, 0.05) is 10.2 Å². The average Bonchev–Trinajstić information content (AvgIpc) is 2.66. The molecule has 0 aliphatic rings. The molecule has 0 saturated heterocycles. The minimum absolute atomic E-state index is 0.161. The van der Waals surface area contributed by atoms with Crippen LogP contribution in [0.2, 0.25) is 0 Å². The molecule has 0 amide bonds. The fourth-order valence-corrected chi connectivity index (χ4v) is 2.73. The van der Waals surface area contributed by atoms with Gasteiger partial charge in [0.1, 0.15) is 5.82 Å². The number of aromatic nitrogens is 2. The maximum atomic E-state index is 5.98. The number of ether oxygens (including phenoxy) is 1. The van der Waals surface area contributed by atoms with Gasteiger partial charge in [0.15, 0.2) is 0 Å². The lowest BCUT2D eigenvalue weighted by molar-refractivity contribution is 0.0643. The van der Waals surface area contributed by atoms with E-state index < -0.39 is 0 Å². The third-order valence-electron chi connectivity index (χ3n) is 2.80. The van der Waals surface area contributed by atoms with E-state index in [1.54, 1.807) is 0 Å². The molecule has 98 valence electrons. The van der Waals surface area contributed by atoms with Gasteiger partial charge < -0.3 is 9.30 Å². The van der Waals surface area contributed by atoms with Gasteiger partial charge >= 0.3 is 0 Å². The molecule has 1 aromatic carbocycles.